The van der Waals surface area contributed by atoms with E-state index in [0.717, 1.165) is 30.1 Å². The number of carbonyl (C=O) groups is 1. The van der Waals surface area contributed by atoms with E-state index in [1.54, 1.807) is 30.3 Å². The molecule has 1 heterocycles. The number of nitrogens with zero attached hydrogens (tertiary/aromatic N) is 3. The molecule has 1 aromatic carbocycles. The summed E-state index contributed by atoms with van der Waals surface area (Å²) in [6, 6.07) is 10.3. The Morgan fingerprint density at radius 2 is 1.93 bits per heavy atom. The molecule has 0 atom stereocenters. The minimum Gasteiger partial charge on any atom is -0.478 e. The normalized spacial score (nSPS) is 10.8. The van der Waals surface area contributed by atoms with E-state index in [1.165, 1.54) is 18.3 Å². The summed E-state index contributed by atoms with van der Waals surface area (Å²) in [5, 5.41) is 29.4. The van der Waals surface area contributed by atoms with Crippen molar-refractivity contribution in [2.75, 3.05) is 5.32 Å². The highest BCUT2D eigenvalue weighted by Gasteiger charge is 2.30. The second kappa shape index (κ2) is 9.44. The van der Waals surface area contributed by atoms with Crippen molar-refractivity contribution in [3.8, 4) is 12.1 Å². The van der Waals surface area contributed by atoms with Crippen LogP contribution in [0, 0.1) is 22.7 Å². The molecular weight excluding hydrogens is 405 g/mol. The van der Waals surface area contributed by atoms with Gasteiger partial charge in [0.1, 0.15) is 22.7 Å². The minimum absolute atomic E-state index is 0.153. The maximum Gasteiger partial charge on any atom is 0.417 e. The monoisotopic (exact) mass is 416 g/mol. The molecule has 0 radical (unpaired) electrons. The molecule has 29 heavy (non-hydrogen) atoms. The Morgan fingerprint density at radius 1 is 1.21 bits per heavy atom. The Labute approximate surface area is 167 Å². The summed E-state index contributed by atoms with van der Waals surface area (Å²) in [7, 11) is 0. The molecule has 0 fully saturated rings. The van der Waals surface area contributed by atoms with E-state index in [0.29, 0.717) is 21.2 Å². The first-order valence-electron chi connectivity index (χ1n) is 7.76. The number of nitrogens with one attached hydrogen (secondary N) is 1. The lowest BCUT2D eigenvalue weighted by Gasteiger charge is -2.10. The number of alkyl halides is 3. The molecule has 0 aliphatic rings. The number of benzene rings is 1. The molecule has 146 valence electrons. The second-order valence-electron chi connectivity index (χ2n) is 5.34. The fraction of sp³-hybridized carbons (Fsp3) is 0.0526. The smallest absolute Gasteiger partial charge is 0.417 e. The van der Waals surface area contributed by atoms with E-state index in [-0.39, 0.29) is 5.57 Å². The van der Waals surface area contributed by atoms with Crippen LogP contribution in [0.25, 0.3) is 6.08 Å². The van der Waals surface area contributed by atoms with Gasteiger partial charge in [0.2, 0.25) is 0 Å². The van der Waals surface area contributed by atoms with Crippen LogP contribution in [0.1, 0.15) is 11.1 Å². The molecule has 2 aromatic rings. The number of halogens is 3. The number of carboxylic acid groups (broad SMARTS) is 1. The average molecular weight is 416 g/mol. The zero-order chi connectivity index (χ0) is 21.4. The van der Waals surface area contributed by atoms with Gasteiger partial charge in [0, 0.05) is 29.1 Å². The molecule has 0 bridgehead atoms. The predicted octanol–water partition coefficient (Wildman–Crippen LogP) is 4.69. The van der Waals surface area contributed by atoms with Crippen molar-refractivity contribution in [3.63, 3.8) is 0 Å². The van der Waals surface area contributed by atoms with Crippen LogP contribution < -0.4 is 5.32 Å². The number of allylic oxidation sites excluding steroid dienone is 1. The van der Waals surface area contributed by atoms with Crippen LogP contribution >= 0.6 is 11.8 Å². The first-order valence-corrected chi connectivity index (χ1v) is 8.57. The third-order valence-corrected chi connectivity index (χ3v) is 4.36. The third kappa shape index (κ3) is 6.41. The van der Waals surface area contributed by atoms with Gasteiger partial charge < -0.3 is 10.4 Å². The maximum absolute atomic E-state index is 12.6. The van der Waals surface area contributed by atoms with Crippen molar-refractivity contribution in [1.29, 1.82) is 10.5 Å². The topological polar surface area (TPSA) is 110 Å². The molecule has 0 saturated heterocycles. The molecule has 0 unspecified atom stereocenters. The van der Waals surface area contributed by atoms with Crippen LogP contribution in [-0.4, -0.2) is 16.1 Å². The van der Waals surface area contributed by atoms with Crippen LogP contribution in [0.5, 0.6) is 0 Å². The second-order valence-corrected chi connectivity index (χ2v) is 6.40. The lowest BCUT2D eigenvalue weighted by atomic mass is 10.2. The molecule has 0 amide bonds. The minimum atomic E-state index is -4.49. The molecular formula is C19H11F3N4O2S. The summed E-state index contributed by atoms with van der Waals surface area (Å²) in [5.74, 6) is -1.18. The number of anilines is 1. The fourth-order valence-electron chi connectivity index (χ4n) is 1.99. The van der Waals surface area contributed by atoms with Crippen LogP contribution in [0.3, 0.4) is 0 Å². The standard InChI is InChI=1S/C19H11F3N4O2S/c20-19(21,22)14-2-5-17(26-11-14)29-16-4-3-15(25-10-12(8-23)9-24)7-13(16)1-6-18(27)28/h1-7,10-11,25H,(H,27,28). The molecule has 10 heteroatoms. The van der Waals surface area contributed by atoms with Gasteiger partial charge in [-0.3, -0.25) is 0 Å². The van der Waals surface area contributed by atoms with Gasteiger partial charge in [-0.1, -0.05) is 11.8 Å². The molecule has 0 spiro atoms. The summed E-state index contributed by atoms with van der Waals surface area (Å²) < 4.78 is 37.9. The first-order chi connectivity index (χ1) is 13.7. The first kappa shape index (κ1) is 21.5. The largest absolute Gasteiger partial charge is 0.478 e. The van der Waals surface area contributed by atoms with E-state index in [4.69, 9.17) is 15.6 Å². The summed E-state index contributed by atoms with van der Waals surface area (Å²) >= 11 is 1.06. The van der Waals surface area contributed by atoms with Gasteiger partial charge >= 0.3 is 12.1 Å². The molecule has 1 aromatic heterocycles. The van der Waals surface area contributed by atoms with E-state index in [9.17, 15) is 18.0 Å². The van der Waals surface area contributed by atoms with E-state index in [2.05, 4.69) is 10.3 Å². The highest BCUT2D eigenvalue weighted by Crippen LogP contribution is 2.34. The molecule has 0 aliphatic carbocycles. The van der Waals surface area contributed by atoms with Crippen LogP contribution in [0.15, 0.2) is 64.3 Å². The molecule has 0 aliphatic heterocycles. The van der Waals surface area contributed by atoms with Crippen LogP contribution in [0.4, 0.5) is 18.9 Å². The van der Waals surface area contributed by atoms with E-state index < -0.39 is 17.7 Å². The quantitative estimate of drug-likeness (QED) is 0.519. The Hall–Kier alpha value is -3.76. The zero-order valence-electron chi connectivity index (χ0n) is 14.4. The fourth-order valence-corrected chi connectivity index (χ4v) is 2.84. The highest BCUT2D eigenvalue weighted by molar-refractivity contribution is 7.99. The number of rotatable bonds is 6. The van der Waals surface area contributed by atoms with E-state index in [1.807, 2.05) is 0 Å². The predicted molar refractivity (Wildman–Crippen MR) is 99.4 cm³/mol. The van der Waals surface area contributed by atoms with Crippen LogP contribution in [0.2, 0.25) is 0 Å². The SMILES string of the molecule is N#CC(C#N)=CNc1ccc(Sc2ccc(C(F)(F)F)cn2)c(C=CC(=O)O)c1. The Morgan fingerprint density at radius 3 is 2.48 bits per heavy atom. The van der Waals surface area contributed by atoms with Gasteiger partial charge in [0.25, 0.3) is 0 Å². The van der Waals surface area contributed by atoms with Gasteiger partial charge in [0.05, 0.1) is 5.56 Å². The van der Waals surface area contributed by atoms with Crippen molar-refractivity contribution in [1.82, 2.24) is 4.98 Å². The Bertz CT molecular complexity index is 1030. The van der Waals surface area contributed by atoms with Crippen molar-refractivity contribution >= 4 is 29.5 Å². The number of aromatic nitrogens is 1. The number of hydrogen-bond acceptors (Lipinski definition) is 6. The van der Waals surface area contributed by atoms with Gasteiger partial charge in [-0.25, -0.2) is 9.78 Å². The van der Waals surface area contributed by atoms with E-state index >= 15 is 0 Å². The maximum atomic E-state index is 12.6. The number of hydrogen-bond donors (Lipinski definition) is 2. The third-order valence-electron chi connectivity index (χ3n) is 3.32. The molecule has 2 rings (SSSR count). The summed E-state index contributed by atoms with van der Waals surface area (Å²) in [6.07, 6.45) is -0.335. The van der Waals surface area contributed by atoms with Gasteiger partial charge in [-0.2, -0.15) is 23.7 Å². The zero-order valence-corrected chi connectivity index (χ0v) is 15.3. The lowest BCUT2D eigenvalue weighted by molar-refractivity contribution is -0.138. The van der Waals surface area contributed by atoms with Crippen molar-refractivity contribution in [3.05, 3.63) is 65.5 Å². The molecule has 6 nitrogen and oxygen atoms in total. The lowest BCUT2D eigenvalue weighted by Crippen LogP contribution is -2.05. The summed E-state index contributed by atoms with van der Waals surface area (Å²) in [5.41, 5.74) is -0.0965. The van der Waals surface area contributed by atoms with Gasteiger partial charge in [0.15, 0.2) is 0 Å². The average Bonchev–Trinajstić information content (AvgIpc) is 2.68. The summed E-state index contributed by atoms with van der Waals surface area (Å²) in [4.78, 5) is 15.2. The number of aliphatic carboxylic acids is 1. The molecule has 0 saturated carbocycles. The number of pyridine rings is 1. The van der Waals surface area contributed by atoms with Crippen molar-refractivity contribution in [2.45, 2.75) is 16.1 Å². The Kier molecular flexibility index (Phi) is 7.01. The van der Waals surface area contributed by atoms with Crippen molar-refractivity contribution in [2.24, 2.45) is 0 Å². The van der Waals surface area contributed by atoms with Gasteiger partial charge in [-0.05, 0) is 42.0 Å². The summed E-state index contributed by atoms with van der Waals surface area (Å²) in [6.45, 7) is 0. The number of carboxylic acids is 1. The molecule has 2 N–H and O–H groups in total. The highest BCUT2D eigenvalue weighted by atomic mass is 32.2. The van der Waals surface area contributed by atoms with Gasteiger partial charge in [-0.15, -0.1) is 0 Å². The number of nitriles is 2. The Balaban J connectivity index is 2.33. The van der Waals surface area contributed by atoms with Crippen LogP contribution in [-0.2, 0) is 11.0 Å². The van der Waals surface area contributed by atoms with Crippen molar-refractivity contribution < 1.29 is 23.1 Å².